The van der Waals surface area contributed by atoms with Crippen LogP contribution in [-0.2, 0) is 13.1 Å². The zero-order chi connectivity index (χ0) is 20.0. The largest absolute Gasteiger partial charge is 1.00 e. The van der Waals surface area contributed by atoms with Crippen LogP contribution in [0.25, 0.3) is 0 Å². The Balaban J connectivity index is 0.000000208. The van der Waals surface area contributed by atoms with Gasteiger partial charge in [0.1, 0.15) is 0 Å². The van der Waals surface area contributed by atoms with Gasteiger partial charge >= 0.3 is 0 Å². The Morgan fingerprint density at radius 3 is 2.03 bits per heavy atom. The van der Waals surface area contributed by atoms with Gasteiger partial charge in [0.05, 0.1) is 20.1 Å². The molecule has 32 heavy (non-hydrogen) atoms. The molecule has 2 aromatic heterocycles. The van der Waals surface area contributed by atoms with Crippen LogP contribution in [0.2, 0.25) is 0 Å². The number of nitrogens with zero attached hydrogens (tertiary/aromatic N) is 2. The summed E-state index contributed by atoms with van der Waals surface area (Å²) in [7, 11) is 2.26. The molecule has 6 nitrogen and oxygen atoms in total. The van der Waals surface area contributed by atoms with Crippen LogP contribution >= 0.6 is 0 Å². The molecule has 2 saturated heterocycles. The number of fused-ring (bicyclic) bond motifs is 8. The maximum Gasteiger partial charge on any atom is 0.250 e. The normalized spacial score (nSPS) is 28.7. The number of quaternary nitrogens is 1. The number of rotatable bonds is 0. The first-order valence-electron chi connectivity index (χ1n) is 11.0. The lowest BCUT2D eigenvalue weighted by Crippen LogP contribution is -3.11. The monoisotopic (exact) mass is 554 g/mol. The Kier molecular flexibility index (Phi) is 9.31. The van der Waals surface area contributed by atoms with E-state index in [0.29, 0.717) is 23.7 Å². The molecular formula is C25H39IN4O2. The van der Waals surface area contributed by atoms with Crippen molar-refractivity contribution in [1.29, 1.82) is 0 Å². The minimum Gasteiger partial charge on any atom is -1.00 e. The maximum absolute atomic E-state index is 11.7. The highest BCUT2D eigenvalue weighted by Gasteiger charge is 2.35. The molecule has 2 aromatic rings. The third-order valence-electron chi connectivity index (χ3n) is 7.18. The minimum atomic E-state index is 0. The van der Waals surface area contributed by atoms with E-state index in [1.165, 1.54) is 37.3 Å². The Labute approximate surface area is 209 Å². The number of likely N-dealkylation sites (tertiary alicyclic amines) is 1. The molecular weight excluding hydrogens is 515 g/mol. The molecule has 4 bridgehead atoms. The van der Waals surface area contributed by atoms with Gasteiger partial charge in [0.15, 0.2) is 0 Å². The molecule has 0 radical (unpaired) electrons. The summed E-state index contributed by atoms with van der Waals surface area (Å²) in [6.07, 6.45) is 2.53. The van der Waals surface area contributed by atoms with E-state index >= 15 is 0 Å². The molecule has 4 aliphatic heterocycles. The maximum atomic E-state index is 11.7. The van der Waals surface area contributed by atoms with Crippen LogP contribution in [0.1, 0.15) is 50.9 Å². The average molecular weight is 555 g/mol. The smallest absolute Gasteiger partial charge is 0.250 e. The van der Waals surface area contributed by atoms with Gasteiger partial charge in [-0.2, -0.15) is 0 Å². The SMILES string of the molecule is C.C.C[NH+]1CC2CC(C1)c1cccc(=O)n1C2.O=c1cccc2n1CC1CNCC2C1.[I-]. The summed E-state index contributed by atoms with van der Waals surface area (Å²) in [5.74, 6) is 2.51. The number of pyridine rings is 2. The van der Waals surface area contributed by atoms with Crippen molar-refractivity contribution in [3.8, 4) is 0 Å². The van der Waals surface area contributed by atoms with Gasteiger partial charge in [-0.3, -0.25) is 9.59 Å². The predicted molar refractivity (Wildman–Crippen MR) is 126 cm³/mol. The summed E-state index contributed by atoms with van der Waals surface area (Å²) in [5, 5.41) is 3.43. The number of nitrogens with one attached hydrogen (secondary N) is 2. The zero-order valence-electron chi connectivity index (χ0n) is 17.5. The van der Waals surface area contributed by atoms with Crippen LogP contribution in [0.4, 0.5) is 0 Å². The summed E-state index contributed by atoms with van der Waals surface area (Å²) in [5.41, 5.74) is 2.83. The molecule has 0 aliphatic carbocycles. The van der Waals surface area contributed by atoms with Crippen molar-refractivity contribution in [3.63, 3.8) is 0 Å². The molecule has 2 N–H and O–H groups in total. The predicted octanol–water partition coefficient (Wildman–Crippen LogP) is -1.69. The fourth-order valence-electron chi connectivity index (χ4n) is 6.02. The lowest BCUT2D eigenvalue weighted by molar-refractivity contribution is -0.891. The van der Waals surface area contributed by atoms with E-state index in [4.69, 9.17) is 0 Å². The van der Waals surface area contributed by atoms with E-state index in [1.807, 2.05) is 21.3 Å². The number of halogens is 1. The molecule has 2 fully saturated rings. The Morgan fingerprint density at radius 2 is 1.38 bits per heavy atom. The van der Waals surface area contributed by atoms with Crippen molar-refractivity contribution >= 4 is 0 Å². The standard InChI is InChI=1S/C12H16N2O.C11H14N2O.2CH4.HI/c1-13-6-9-5-10(8-13)11-3-2-4-12(15)14(11)7-9;14-11-3-1-2-10-9-4-8(5-12-6-9)7-13(10)11;;;/h2-4,9-10H,5-8H2,1H3;1-3,8-9,12H,4-7H2;2*1H4;1H. The number of likely N-dealkylation sites (N-methyl/N-ethyl adjacent to an activating group) is 1. The Bertz CT molecular complexity index is 1020. The van der Waals surface area contributed by atoms with Crippen molar-refractivity contribution in [2.24, 2.45) is 11.8 Å². The van der Waals surface area contributed by atoms with Gasteiger partial charge < -0.3 is 43.3 Å². The minimum absolute atomic E-state index is 0. The average Bonchev–Trinajstić information content (AvgIpc) is 2.70. The second-order valence-corrected chi connectivity index (χ2v) is 9.42. The topological polar surface area (TPSA) is 60.5 Å². The van der Waals surface area contributed by atoms with Crippen LogP contribution in [0, 0.1) is 11.8 Å². The number of hydrogen-bond acceptors (Lipinski definition) is 3. The lowest BCUT2D eigenvalue weighted by Gasteiger charge is -2.38. The first kappa shape index (κ1) is 26.8. The van der Waals surface area contributed by atoms with Gasteiger partial charge in [-0.1, -0.05) is 27.0 Å². The molecule has 5 unspecified atom stereocenters. The second-order valence-electron chi connectivity index (χ2n) is 9.42. The van der Waals surface area contributed by atoms with Crippen molar-refractivity contribution in [1.82, 2.24) is 14.5 Å². The number of piperidine rings is 2. The molecule has 0 amide bonds. The first-order valence-corrected chi connectivity index (χ1v) is 11.0. The second kappa shape index (κ2) is 11.1. The highest BCUT2D eigenvalue weighted by atomic mass is 127. The van der Waals surface area contributed by atoms with E-state index in [1.54, 1.807) is 17.0 Å². The molecule has 0 aromatic carbocycles. The van der Waals surface area contributed by atoms with Crippen molar-refractivity contribution in [2.75, 3.05) is 33.2 Å². The van der Waals surface area contributed by atoms with Gasteiger partial charge in [0.2, 0.25) is 0 Å². The third-order valence-corrected chi connectivity index (χ3v) is 7.18. The van der Waals surface area contributed by atoms with Gasteiger partial charge in [0, 0.05) is 60.9 Å². The summed E-state index contributed by atoms with van der Waals surface area (Å²) in [6.45, 7) is 6.33. The highest BCUT2D eigenvalue weighted by molar-refractivity contribution is 5.17. The molecule has 178 valence electrons. The highest BCUT2D eigenvalue weighted by Crippen LogP contribution is 2.31. The van der Waals surface area contributed by atoms with Crippen LogP contribution in [0.5, 0.6) is 0 Å². The van der Waals surface area contributed by atoms with Gasteiger partial charge in [-0.25, -0.2) is 0 Å². The molecule has 6 heterocycles. The van der Waals surface area contributed by atoms with Gasteiger partial charge in [-0.15, -0.1) is 0 Å². The summed E-state index contributed by atoms with van der Waals surface area (Å²) >= 11 is 0. The van der Waals surface area contributed by atoms with Crippen LogP contribution in [0.3, 0.4) is 0 Å². The first-order chi connectivity index (χ1) is 14.1. The fourth-order valence-corrected chi connectivity index (χ4v) is 6.02. The van der Waals surface area contributed by atoms with Crippen LogP contribution in [-0.4, -0.2) is 42.4 Å². The summed E-state index contributed by atoms with van der Waals surface area (Å²) < 4.78 is 3.95. The zero-order valence-corrected chi connectivity index (χ0v) is 19.7. The van der Waals surface area contributed by atoms with Crippen molar-refractivity contribution in [2.45, 2.75) is 52.6 Å². The molecule has 7 heteroatoms. The van der Waals surface area contributed by atoms with E-state index in [9.17, 15) is 9.59 Å². The van der Waals surface area contributed by atoms with Crippen molar-refractivity contribution in [3.05, 3.63) is 68.5 Å². The molecule has 5 atom stereocenters. The summed E-state index contributed by atoms with van der Waals surface area (Å²) in [4.78, 5) is 25.0. The quantitative estimate of drug-likeness (QED) is 0.383. The molecule has 0 saturated carbocycles. The molecule has 0 spiro atoms. The fraction of sp³-hybridized carbons (Fsp3) is 0.600. The van der Waals surface area contributed by atoms with E-state index in [2.05, 4.69) is 24.5 Å². The number of hydrogen-bond donors (Lipinski definition) is 2. The number of aromatic nitrogens is 2. The van der Waals surface area contributed by atoms with E-state index < -0.39 is 0 Å². The molecule has 6 rings (SSSR count). The van der Waals surface area contributed by atoms with Crippen LogP contribution in [0.15, 0.2) is 46.0 Å². The summed E-state index contributed by atoms with van der Waals surface area (Å²) in [6, 6.07) is 11.3. The third kappa shape index (κ3) is 5.20. The van der Waals surface area contributed by atoms with Crippen molar-refractivity contribution < 1.29 is 28.9 Å². The lowest BCUT2D eigenvalue weighted by atomic mass is 9.83. The van der Waals surface area contributed by atoms with Gasteiger partial charge in [0.25, 0.3) is 11.1 Å². The molecule has 4 aliphatic rings. The van der Waals surface area contributed by atoms with E-state index in [0.717, 1.165) is 26.2 Å². The van der Waals surface area contributed by atoms with Crippen LogP contribution < -0.4 is 45.3 Å². The Hall–Kier alpha value is -1.45. The van der Waals surface area contributed by atoms with Gasteiger partial charge in [-0.05, 0) is 37.4 Å². The van der Waals surface area contributed by atoms with E-state index in [-0.39, 0.29) is 49.9 Å². The Morgan fingerprint density at radius 1 is 0.812 bits per heavy atom.